The Hall–Kier alpha value is -15.9. The Morgan fingerprint density at radius 3 is 0.984 bits per heavy atom. The van der Waals surface area contributed by atoms with Crippen molar-refractivity contribution in [1.29, 1.82) is 0 Å². The van der Waals surface area contributed by atoms with Crippen molar-refractivity contribution in [2.24, 2.45) is 85.7 Å². The van der Waals surface area contributed by atoms with Crippen LogP contribution < -0.4 is 0 Å². The maximum absolute atomic E-state index is 10.3. The van der Waals surface area contributed by atoms with Crippen molar-refractivity contribution in [3.63, 3.8) is 0 Å². The van der Waals surface area contributed by atoms with E-state index in [-0.39, 0.29) is 24.3 Å². The predicted molar refractivity (Wildman–Crippen MR) is 481 cm³/mol. The minimum Gasteiger partial charge on any atom is -0.244 e. The smallest absolute Gasteiger partial charge is 0.240 e. The van der Waals surface area contributed by atoms with Crippen molar-refractivity contribution in [2.75, 3.05) is 19.6 Å². The summed E-state index contributed by atoms with van der Waals surface area (Å²) in [5.41, 5.74) is 9.84. The lowest BCUT2D eigenvalue weighted by Crippen LogP contribution is -2.39. The highest BCUT2D eigenvalue weighted by molar-refractivity contribution is 6.00. The second-order valence-electron chi connectivity index (χ2n) is 25.7. The summed E-state index contributed by atoms with van der Waals surface area (Å²) in [6, 6.07) is 63.8. The van der Waals surface area contributed by atoms with E-state index in [4.69, 9.17) is 0 Å². The van der Waals surface area contributed by atoms with E-state index in [1.54, 1.807) is 140 Å². The predicted octanol–water partition coefficient (Wildman–Crippen LogP) is 23.0. The van der Waals surface area contributed by atoms with Crippen molar-refractivity contribution < 1.29 is 57.5 Å². The Labute approximate surface area is 711 Å². The van der Waals surface area contributed by atoms with Crippen molar-refractivity contribution in [3.05, 3.63) is 255 Å². The number of hydrogen-bond acceptors (Lipinski definition) is 27. The van der Waals surface area contributed by atoms with E-state index in [1.807, 2.05) is 91.9 Å². The van der Waals surface area contributed by atoms with Gasteiger partial charge in [-0.3, -0.25) is 0 Å². The molecular formula is C95H97N15O12. The SMILES string of the molecule is C.C=C=NC1CC(C)(C)CC(C)(CN=C=O)C1.C=C=NCCCCCCN=C=O.C=C=Nc1cc(N=C=O)ccc1C.CCC.CCC.O=C=Nc1ccc(Cc2ccc(N=C=O)cc2)cc1.O=C=Nc1ccc(N=C=O)cc1.O=C=Nc1cccc2c(N=C=O)cccc12.O=C=Nc1ccccc1.O=C=Nc1ccccc1.O=C=Nc1ccccc1. The number of carbonyl (C=O) groups excluding carboxylic acids is 12. The van der Waals surface area contributed by atoms with E-state index in [2.05, 4.69) is 161 Å². The van der Waals surface area contributed by atoms with Gasteiger partial charge in [0.1, 0.15) is 0 Å². The van der Waals surface area contributed by atoms with Crippen LogP contribution in [-0.2, 0) is 64.0 Å². The number of nitrogens with zero attached hydrogens (tertiary/aromatic N) is 15. The lowest BCUT2D eigenvalue weighted by atomic mass is 9.63. The van der Waals surface area contributed by atoms with Gasteiger partial charge in [-0.15, -0.1) is 0 Å². The maximum atomic E-state index is 10.3. The van der Waals surface area contributed by atoms with E-state index < -0.39 is 0 Å². The van der Waals surface area contributed by atoms with Crippen molar-refractivity contribution >= 4 is 164 Å². The van der Waals surface area contributed by atoms with E-state index in [0.717, 1.165) is 85.4 Å². The van der Waals surface area contributed by atoms with Crippen LogP contribution in [0.15, 0.2) is 313 Å². The van der Waals surface area contributed by atoms with Crippen LogP contribution in [0.25, 0.3) is 10.8 Å². The zero-order valence-corrected chi connectivity index (χ0v) is 68.8. The molecule has 27 nitrogen and oxygen atoms in total. The van der Waals surface area contributed by atoms with Gasteiger partial charge in [-0.2, -0.15) is 49.9 Å². The molecule has 1 fully saturated rings. The fraction of sp³-hybridized carbons (Fsp3) is 0.263. The van der Waals surface area contributed by atoms with Crippen LogP contribution >= 0.6 is 0 Å². The monoisotopic (exact) mass is 1640 g/mol. The van der Waals surface area contributed by atoms with Gasteiger partial charge in [-0.05, 0) is 220 Å². The molecule has 0 aromatic heterocycles. The quantitative estimate of drug-likeness (QED) is 0.0328. The zero-order chi connectivity index (χ0) is 89.7. The number of isocyanates is 12. The van der Waals surface area contributed by atoms with Crippen LogP contribution in [-0.4, -0.2) is 116 Å². The number of aryl methyl sites for hydroxylation is 1. The maximum Gasteiger partial charge on any atom is 0.240 e. The minimum absolute atomic E-state index is 0. The Kier molecular flexibility index (Phi) is 63.6. The highest BCUT2D eigenvalue weighted by Crippen LogP contribution is 2.47. The van der Waals surface area contributed by atoms with Crippen molar-refractivity contribution in [3.8, 4) is 0 Å². The molecular weight excluding hydrogens is 1540 g/mol. The standard InChI is InChI=1S/C15H10N2O2.C13H20N2O.C12H6N2O2.C10H8N2O.C9H14N2O.C8H4N2O2.3C7H5NO.2C3H8.CH4/c18-10-16-14-5-1-12(2-6-14)9-13-3-7-15(8-4-13)17-11-19;1-5-15-11-6-12(2,3)8-13(4,7-11)9-14-10-16;15-7-13-11-5-1-3-9-10(11)4-2-6-12(9)14-8-16;1-3-11-10-6-9(12-7-13)5-4-8(10)2;1-2-10-7-5-3-4-6-8-11-9-12;11-5-9-7-1-2-8(4-3-7)10-6-12;3*9-6-8-7-4-2-1-3-5-7;2*1-3-2;/h1-8H,9H2;11H,1,6-9H2,2-4H3;1-6H;4-6H,1H2,2H3;1,3-8H2;1-4H;3*1-5H;2*3H2,1-2H3;1H4. The largest absolute Gasteiger partial charge is 0.244 e. The first kappa shape index (κ1) is 108. The first-order valence-electron chi connectivity index (χ1n) is 37.3. The third kappa shape index (κ3) is 52.6. The summed E-state index contributed by atoms with van der Waals surface area (Å²) in [6.07, 6.45) is 28.4. The summed E-state index contributed by atoms with van der Waals surface area (Å²) in [5.74, 6) is 7.55. The zero-order valence-electron chi connectivity index (χ0n) is 68.8. The molecule has 9 aromatic rings. The highest BCUT2D eigenvalue weighted by Gasteiger charge is 2.41. The number of fused-ring (bicyclic) bond motifs is 1. The minimum atomic E-state index is 0. The average molecular weight is 1640 g/mol. The van der Waals surface area contributed by atoms with Crippen LogP contribution in [0.2, 0.25) is 0 Å². The van der Waals surface area contributed by atoms with E-state index in [9.17, 15) is 57.5 Å². The van der Waals surface area contributed by atoms with Crippen LogP contribution in [0.4, 0.5) is 62.6 Å². The summed E-state index contributed by atoms with van der Waals surface area (Å²) in [6.45, 7) is 29.3. The molecule has 2 unspecified atom stereocenters. The first-order valence-corrected chi connectivity index (χ1v) is 37.3. The van der Waals surface area contributed by atoms with Gasteiger partial charge in [-0.25, -0.2) is 82.5 Å². The molecule has 624 valence electrons. The van der Waals surface area contributed by atoms with Gasteiger partial charge in [0.05, 0.1) is 81.7 Å². The fourth-order valence-corrected chi connectivity index (χ4v) is 10.6. The molecule has 10 rings (SSSR count). The third-order valence-corrected chi connectivity index (χ3v) is 15.1. The highest BCUT2D eigenvalue weighted by atomic mass is 16.1. The average Bonchev–Trinajstić information content (AvgIpc) is 0.808. The molecule has 0 heterocycles. The number of para-hydroxylation sites is 3. The molecule has 1 saturated carbocycles. The molecule has 0 aliphatic heterocycles. The number of hydrogen-bond donors (Lipinski definition) is 0. The molecule has 0 spiro atoms. The molecule has 122 heavy (non-hydrogen) atoms. The number of rotatable bonds is 23. The van der Waals surface area contributed by atoms with E-state index in [1.165, 1.54) is 79.7 Å². The van der Waals surface area contributed by atoms with E-state index in [0.29, 0.717) is 75.7 Å². The molecule has 9 aromatic carbocycles. The lowest BCUT2D eigenvalue weighted by molar-refractivity contribution is 0.0917. The van der Waals surface area contributed by atoms with Gasteiger partial charge >= 0.3 is 0 Å². The third-order valence-electron chi connectivity index (χ3n) is 15.1. The van der Waals surface area contributed by atoms with Gasteiger partial charge in [0, 0.05) is 17.3 Å². The summed E-state index contributed by atoms with van der Waals surface area (Å²) in [4.78, 5) is 173. The van der Waals surface area contributed by atoms with E-state index >= 15 is 0 Å². The number of unbranched alkanes of at least 4 members (excludes halogenated alkanes) is 3. The van der Waals surface area contributed by atoms with Crippen LogP contribution in [0.5, 0.6) is 0 Å². The van der Waals surface area contributed by atoms with Crippen LogP contribution in [0.1, 0.15) is 130 Å². The Morgan fingerprint density at radius 1 is 0.328 bits per heavy atom. The molecule has 0 amide bonds. The van der Waals surface area contributed by atoms with Gasteiger partial charge < -0.3 is 0 Å². The van der Waals surface area contributed by atoms with Crippen molar-refractivity contribution in [2.45, 2.75) is 133 Å². The topological polar surface area (TPSA) is 390 Å². The molecule has 1 aliphatic carbocycles. The van der Waals surface area contributed by atoms with Crippen molar-refractivity contribution in [1.82, 2.24) is 0 Å². The second kappa shape index (κ2) is 71.7. The lowest BCUT2D eigenvalue weighted by Gasteiger charge is -2.44. The molecule has 27 heteroatoms. The van der Waals surface area contributed by atoms with Gasteiger partial charge in [-0.1, -0.05) is 191 Å². The molecule has 0 saturated heterocycles. The molecule has 0 radical (unpaired) electrons. The summed E-state index contributed by atoms with van der Waals surface area (Å²) in [5, 5.41) is 1.50. The Bertz CT molecular complexity index is 5060. The van der Waals surface area contributed by atoms with Crippen LogP contribution in [0.3, 0.4) is 0 Å². The number of aliphatic imine (C=N–C) groups is 15. The molecule has 0 bridgehead atoms. The van der Waals surface area contributed by atoms with Gasteiger partial charge in [0.15, 0.2) is 0 Å². The summed E-state index contributed by atoms with van der Waals surface area (Å²) in [7, 11) is 0. The Morgan fingerprint density at radius 2 is 0.656 bits per heavy atom. The number of benzene rings is 9. The fourth-order valence-electron chi connectivity index (χ4n) is 10.6. The molecule has 2 atom stereocenters. The first-order chi connectivity index (χ1) is 58.8. The van der Waals surface area contributed by atoms with Crippen LogP contribution in [0, 0.1) is 17.8 Å². The normalized spacial score (nSPS) is 11.5. The molecule has 1 aliphatic rings. The molecule has 0 N–H and O–H groups in total. The van der Waals surface area contributed by atoms with Gasteiger partial charge in [0.2, 0.25) is 73.0 Å². The summed E-state index contributed by atoms with van der Waals surface area (Å²) < 4.78 is 0. The van der Waals surface area contributed by atoms with Gasteiger partial charge in [0.25, 0.3) is 0 Å². The summed E-state index contributed by atoms with van der Waals surface area (Å²) >= 11 is 0. The Balaban J connectivity index is 0. The second-order valence-corrected chi connectivity index (χ2v) is 25.7.